The smallest absolute Gasteiger partial charge is 0.225 e. The molecule has 0 aliphatic carbocycles. The van der Waals surface area contributed by atoms with Crippen molar-refractivity contribution >= 4 is 5.91 Å². The van der Waals surface area contributed by atoms with Crippen LogP contribution in [-0.4, -0.2) is 40.1 Å². The van der Waals surface area contributed by atoms with Gasteiger partial charge in [0.1, 0.15) is 0 Å². The number of amides is 1. The largest absolute Gasteiger partial charge is 0.391 e. The Morgan fingerprint density at radius 2 is 2.40 bits per heavy atom. The second-order valence-corrected chi connectivity index (χ2v) is 3.77. The first kappa shape index (κ1) is 10.1. The number of nitrogens with zero attached hydrogens (tertiary/aromatic N) is 2. The molecule has 4 heteroatoms. The Morgan fingerprint density at radius 1 is 1.53 bits per heavy atom. The predicted molar refractivity (Wildman–Crippen MR) is 55.1 cm³/mol. The molecule has 1 aliphatic heterocycles. The Balaban J connectivity index is 1.86. The maximum absolute atomic E-state index is 11.4. The van der Waals surface area contributed by atoms with E-state index in [1.165, 1.54) is 0 Å². The average Bonchev–Trinajstić information content (AvgIpc) is 2.56. The molecule has 2 rings (SSSR count). The van der Waals surface area contributed by atoms with Crippen molar-refractivity contribution in [2.75, 3.05) is 13.1 Å². The summed E-state index contributed by atoms with van der Waals surface area (Å²) in [7, 11) is 0. The standard InChI is InChI=1S/C11H14N2O2/c14-10-7-11(15)13(8-10)6-4-9-3-1-2-5-12-9/h1-3,5,10,14H,4,6-8H2. The third-order valence-electron chi connectivity index (χ3n) is 2.56. The summed E-state index contributed by atoms with van der Waals surface area (Å²) in [6.07, 6.45) is 2.28. The Kier molecular flexibility index (Phi) is 2.97. The van der Waals surface area contributed by atoms with Crippen molar-refractivity contribution in [3.63, 3.8) is 0 Å². The molecular weight excluding hydrogens is 192 g/mol. The van der Waals surface area contributed by atoms with E-state index < -0.39 is 6.10 Å². The summed E-state index contributed by atoms with van der Waals surface area (Å²) in [5.74, 6) is 0.0402. The number of carbonyl (C=O) groups is 1. The highest BCUT2D eigenvalue weighted by molar-refractivity contribution is 5.78. The molecule has 1 aromatic rings. The summed E-state index contributed by atoms with van der Waals surface area (Å²) >= 11 is 0. The van der Waals surface area contributed by atoms with E-state index in [1.807, 2.05) is 18.2 Å². The number of aliphatic hydroxyl groups excluding tert-OH is 1. The van der Waals surface area contributed by atoms with Crippen LogP contribution < -0.4 is 0 Å². The van der Waals surface area contributed by atoms with E-state index in [-0.39, 0.29) is 12.3 Å². The molecule has 1 N–H and O–H groups in total. The molecule has 1 saturated heterocycles. The Morgan fingerprint density at radius 3 is 3.00 bits per heavy atom. The van der Waals surface area contributed by atoms with Crippen molar-refractivity contribution in [2.45, 2.75) is 18.9 Å². The zero-order valence-corrected chi connectivity index (χ0v) is 8.47. The molecule has 0 aromatic carbocycles. The lowest BCUT2D eigenvalue weighted by atomic mass is 10.2. The van der Waals surface area contributed by atoms with E-state index in [0.29, 0.717) is 13.1 Å². The highest BCUT2D eigenvalue weighted by atomic mass is 16.3. The molecule has 80 valence electrons. The van der Waals surface area contributed by atoms with Crippen LogP contribution in [-0.2, 0) is 11.2 Å². The molecule has 1 unspecified atom stereocenters. The molecule has 1 aromatic heterocycles. The molecule has 0 bridgehead atoms. The second kappa shape index (κ2) is 4.40. The minimum absolute atomic E-state index is 0.0402. The number of hydrogen-bond donors (Lipinski definition) is 1. The van der Waals surface area contributed by atoms with Crippen LogP contribution in [0.15, 0.2) is 24.4 Å². The Hall–Kier alpha value is -1.42. The summed E-state index contributed by atoms with van der Waals surface area (Å²) in [5.41, 5.74) is 0.978. The Labute approximate surface area is 88.6 Å². The van der Waals surface area contributed by atoms with Gasteiger partial charge < -0.3 is 10.0 Å². The molecule has 15 heavy (non-hydrogen) atoms. The number of β-amino-alcohol motifs (C(OH)–C–C–N with tert-alkyl or cyclic N) is 1. The molecule has 1 amide bonds. The van der Waals surface area contributed by atoms with E-state index in [9.17, 15) is 9.90 Å². The van der Waals surface area contributed by atoms with Crippen molar-refractivity contribution in [1.29, 1.82) is 0 Å². The van der Waals surface area contributed by atoms with Crippen LogP contribution in [0.25, 0.3) is 0 Å². The third-order valence-corrected chi connectivity index (χ3v) is 2.56. The molecule has 2 heterocycles. The van der Waals surface area contributed by atoms with Gasteiger partial charge in [0.15, 0.2) is 0 Å². The van der Waals surface area contributed by atoms with Gasteiger partial charge in [-0.1, -0.05) is 6.07 Å². The molecule has 0 radical (unpaired) electrons. The van der Waals surface area contributed by atoms with Gasteiger partial charge in [-0.2, -0.15) is 0 Å². The quantitative estimate of drug-likeness (QED) is 0.769. The van der Waals surface area contributed by atoms with Crippen LogP contribution >= 0.6 is 0 Å². The molecule has 0 spiro atoms. The topological polar surface area (TPSA) is 53.4 Å². The fourth-order valence-corrected chi connectivity index (χ4v) is 1.76. The Bertz CT molecular complexity index is 340. The van der Waals surface area contributed by atoms with Crippen LogP contribution in [0, 0.1) is 0 Å². The van der Waals surface area contributed by atoms with Crippen LogP contribution in [0.5, 0.6) is 0 Å². The lowest BCUT2D eigenvalue weighted by Gasteiger charge is -2.14. The van der Waals surface area contributed by atoms with Crippen molar-refractivity contribution in [1.82, 2.24) is 9.88 Å². The predicted octanol–water partition coefficient (Wildman–Crippen LogP) is 0.217. The highest BCUT2D eigenvalue weighted by Crippen LogP contribution is 2.11. The molecule has 1 fully saturated rings. The number of pyridine rings is 1. The fourth-order valence-electron chi connectivity index (χ4n) is 1.76. The summed E-state index contributed by atoms with van der Waals surface area (Å²) < 4.78 is 0. The van der Waals surface area contributed by atoms with E-state index in [2.05, 4.69) is 4.98 Å². The lowest BCUT2D eigenvalue weighted by molar-refractivity contribution is -0.127. The van der Waals surface area contributed by atoms with Gasteiger partial charge in [-0.3, -0.25) is 9.78 Å². The second-order valence-electron chi connectivity index (χ2n) is 3.77. The van der Waals surface area contributed by atoms with Gasteiger partial charge in [0.25, 0.3) is 0 Å². The fraction of sp³-hybridized carbons (Fsp3) is 0.455. The van der Waals surface area contributed by atoms with Crippen molar-refractivity contribution in [3.8, 4) is 0 Å². The molecule has 4 nitrogen and oxygen atoms in total. The number of hydrogen-bond acceptors (Lipinski definition) is 3. The number of carbonyl (C=O) groups excluding carboxylic acids is 1. The van der Waals surface area contributed by atoms with Gasteiger partial charge in [-0.15, -0.1) is 0 Å². The lowest BCUT2D eigenvalue weighted by Crippen LogP contribution is -2.28. The summed E-state index contributed by atoms with van der Waals surface area (Å²) in [6, 6.07) is 5.74. The van der Waals surface area contributed by atoms with Crippen LogP contribution in [0.1, 0.15) is 12.1 Å². The maximum atomic E-state index is 11.4. The SMILES string of the molecule is O=C1CC(O)CN1CCc1ccccn1. The van der Waals surface area contributed by atoms with Crippen molar-refractivity contribution in [2.24, 2.45) is 0 Å². The van der Waals surface area contributed by atoms with E-state index in [0.717, 1.165) is 12.1 Å². The molecule has 0 saturated carbocycles. The first-order chi connectivity index (χ1) is 7.25. The zero-order valence-electron chi connectivity index (χ0n) is 8.47. The first-order valence-electron chi connectivity index (χ1n) is 5.11. The van der Waals surface area contributed by atoms with E-state index in [1.54, 1.807) is 11.1 Å². The van der Waals surface area contributed by atoms with Gasteiger partial charge in [-0.25, -0.2) is 0 Å². The number of aliphatic hydroxyl groups is 1. The zero-order chi connectivity index (χ0) is 10.7. The minimum Gasteiger partial charge on any atom is -0.391 e. The number of aromatic nitrogens is 1. The molecule has 1 aliphatic rings. The van der Waals surface area contributed by atoms with E-state index >= 15 is 0 Å². The van der Waals surface area contributed by atoms with Crippen molar-refractivity contribution < 1.29 is 9.90 Å². The monoisotopic (exact) mass is 206 g/mol. The van der Waals surface area contributed by atoms with Crippen LogP contribution in [0.2, 0.25) is 0 Å². The normalized spacial score (nSPS) is 21.0. The van der Waals surface area contributed by atoms with E-state index in [4.69, 9.17) is 0 Å². The number of rotatable bonds is 3. The van der Waals surface area contributed by atoms with Gasteiger partial charge in [0.05, 0.1) is 12.5 Å². The van der Waals surface area contributed by atoms with Crippen LogP contribution in [0.4, 0.5) is 0 Å². The summed E-state index contributed by atoms with van der Waals surface area (Å²) in [5, 5.41) is 9.29. The van der Waals surface area contributed by atoms with Gasteiger partial charge in [0.2, 0.25) is 5.91 Å². The maximum Gasteiger partial charge on any atom is 0.225 e. The first-order valence-corrected chi connectivity index (χ1v) is 5.11. The summed E-state index contributed by atoms with van der Waals surface area (Å²) in [6.45, 7) is 1.11. The third kappa shape index (κ3) is 2.53. The summed E-state index contributed by atoms with van der Waals surface area (Å²) in [4.78, 5) is 17.2. The molecule has 1 atom stereocenters. The van der Waals surface area contributed by atoms with Crippen LogP contribution in [0.3, 0.4) is 0 Å². The van der Waals surface area contributed by atoms with Gasteiger partial charge in [-0.05, 0) is 12.1 Å². The highest BCUT2D eigenvalue weighted by Gasteiger charge is 2.27. The average molecular weight is 206 g/mol. The van der Waals surface area contributed by atoms with Crippen molar-refractivity contribution in [3.05, 3.63) is 30.1 Å². The number of likely N-dealkylation sites (tertiary alicyclic amines) is 1. The minimum atomic E-state index is -0.485. The molecular formula is C11H14N2O2. The van der Waals surface area contributed by atoms with Gasteiger partial charge >= 0.3 is 0 Å². The van der Waals surface area contributed by atoms with Gasteiger partial charge in [0, 0.05) is 31.4 Å².